The number of carbonyl (C=O) groups excluding carboxylic acids is 1. The quantitative estimate of drug-likeness (QED) is 0.878. The first-order chi connectivity index (χ1) is 10.6. The van der Waals surface area contributed by atoms with E-state index >= 15 is 0 Å². The first-order valence-corrected chi connectivity index (χ1v) is 7.32. The number of hydrogen-bond acceptors (Lipinski definition) is 4. The summed E-state index contributed by atoms with van der Waals surface area (Å²) < 4.78 is 0. The molecule has 22 heavy (non-hydrogen) atoms. The molecule has 114 valence electrons. The second-order valence-electron chi connectivity index (χ2n) is 5.33. The van der Waals surface area contributed by atoms with Gasteiger partial charge < -0.3 is 15.2 Å². The number of amides is 1. The van der Waals surface area contributed by atoms with E-state index in [1.165, 1.54) is 17.4 Å². The van der Waals surface area contributed by atoms with Gasteiger partial charge in [0, 0.05) is 31.5 Å². The fourth-order valence-corrected chi connectivity index (χ4v) is 2.68. The van der Waals surface area contributed by atoms with Gasteiger partial charge in [0.15, 0.2) is 0 Å². The van der Waals surface area contributed by atoms with Crippen molar-refractivity contribution in [1.82, 2.24) is 15.3 Å². The minimum atomic E-state index is -0.406. The number of H-pyrrole nitrogens is 1. The molecule has 1 aliphatic rings. The number of nitrogens with one attached hydrogen (secondary N) is 2. The molecule has 0 fully saturated rings. The van der Waals surface area contributed by atoms with Crippen molar-refractivity contribution in [2.75, 3.05) is 24.5 Å². The van der Waals surface area contributed by atoms with Crippen LogP contribution in [0.1, 0.15) is 21.7 Å². The molecule has 0 unspecified atom stereocenters. The lowest BCUT2D eigenvalue weighted by molar-refractivity contribution is 0.0952. The third kappa shape index (κ3) is 2.86. The lowest BCUT2D eigenvalue weighted by atomic mass is 10.2. The number of hydrogen-bond donors (Lipinski definition) is 2. The van der Waals surface area contributed by atoms with Crippen LogP contribution in [-0.2, 0) is 6.42 Å². The van der Waals surface area contributed by atoms with Crippen molar-refractivity contribution in [3.63, 3.8) is 0 Å². The predicted molar refractivity (Wildman–Crippen MR) is 84.3 cm³/mol. The number of aryl methyl sites for hydroxylation is 1. The van der Waals surface area contributed by atoms with Crippen LogP contribution in [0.3, 0.4) is 0 Å². The molecule has 0 saturated carbocycles. The molecule has 1 aromatic carbocycles. The number of rotatable bonds is 4. The maximum absolute atomic E-state index is 12.0. The Hall–Kier alpha value is -2.63. The lowest BCUT2D eigenvalue weighted by Crippen LogP contribution is -2.36. The summed E-state index contributed by atoms with van der Waals surface area (Å²) in [5.74, 6) is 0.108. The van der Waals surface area contributed by atoms with Gasteiger partial charge in [0.1, 0.15) is 11.4 Å². The van der Waals surface area contributed by atoms with E-state index in [9.17, 15) is 9.59 Å². The van der Waals surface area contributed by atoms with Gasteiger partial charge >= 0.3 is 0 Å². The number of benzene rings is 1. The Kier molecular flexibility index (Phi) is 3.91. The lowest BCUT2D eigenvalue weighted by Gasteiger charge is -2.19. The van der Waals surface area contributed by atoms with Crippen molar-refractivity contribution in [3.8, 4) is 0 Å². The summed E-state index contributed by atoms with van der Waals surface area (Å²) in [5, 5.41) is 2.78. The van der Waals surface area contributed by atoms with Gasteiger partial charge in [-0.25, -0.2) is 4.98 Å². The fraction of sp³-hybridized carbons (Fsp3) is 0.312. The number of nitrogens with zero attached hydrogens (tertiary/aromatic N) is 2. The van der Waals surface area contributed by atoms with Crippen molar-refractivity contribution in [2.24, 2.45) is 0 Å². The number of anilines is 1. The largest absolute Gasteiger partial charge is 0.369 e. The van der Waals surface area contributed by atoms with Gasteiger partial charge in [-0.15, -0.1) is 0 Å². The van der Waals surface area contributed by atoms with Crippen LogP contribution in [0.4, 0.5) is 5.69 Å². The molecule has 0 spiro atoms. The van der Waals surface area contributed by atoms with E-state index < -0.39 is 5.56 Å². The van der Waals surface area contributed by atoms with Crippen LogP contribution in [-0.4, -0.2) is 35.5 Å². The molecule has 0 radical (unpaired) electrons. The summed E-state index contributed by atoms with van der Waals surface area (Å²) >= 11 is 0. The topological polar surface area (TPSA) is 78.1 Å². The average Bonchev–Trinajstić information content (AvgIpc) is 2.90. The standard InChI is InChI=1S/C16H18N4O2/c1-11-18-10-13(16(22)19-11)15(21)17-7-9-20-8-6-12-4-2-3-5-14(12)20/h2-5,10H,6-9H2,1H3,(H,17,21)(H,18,19,22). The van der Waals surface area contributed by atoms with Gasteiger partial charge in [0.2, 0.25) is 0 Å². The second-order valence-corrected chi connectivity index (χ2v) is 5.33. The minimum Gasteiger partial charge on any atom is -0.369 e. The van der Waals surface area contributed by atoms with E-state index in [2.05, 4.69) is 32.3 Å². The molecule has 0 saturated heterocycles. The summed E-state index contributed by atoms with van der Waals surface area (Å²) in [6.45, 7) is 3.84. The second kappa shape index (κ2) is 6.01. The monoisotopic (exact) mass is 298 g/mol. The van der Waals surface area contributed by atoms with Crippen molar-refractivity contribution < 1.29 is 4.79 Å². The Labute approximate surface area is 128 Å². The molecule has 6 nitrogen and oxygen atoms in total. The van der Waals surface area contributed by atoms with E-state index in [1.807, 2.05) is 12.1 Å². The normalized spacial score (nSPS) is 13.0. The zero-order chi connectivity index (χ0) is 15.5. The van der Waals surface area contributed by atoms with E-state index in [4.69, 9.17) is 0 Å². The highest BCUT2D eigenvalue weighted by Crippen LogP contribution is 2.26. The summed E-state index contributed by atoms with van der Waals surface area (Å²) in [7, 11) is 0. The van der Waals surface area contributed by atoms with Crippen LogP contribution in [0.2, 0.25) is 0 Å². The van der Waals surface area contributed by atoms with E-state index in [1.54, 1.807) is 6.92 Å². The van der Waals surface area contributed by atoms with Crippen LogP contribution >= 0.6 is 0 Å². The minimum absolute atomic E-state index is 0.0485. The van der Waals surface area contributed by atoms with E-state index in [-0.39, 0.29) is 11.5 Å². The van der Waals surface area contributed by atoms with Gasteiger partial charge in [-0.3, -0.25) is 9.59 Å². The first kappa shape index (κ1) is 14.3. The molecule has 0 aliphatic carbocycles. The molecule has 6 heteroatoms. The fourth-order valence-electron chi connectivity index (χ4n) is 2.68. The van der Waals surface area contributed by atoms with Crippen molar-refractivity contribution in [1.29, 1.82) is 0 Å². The zero-order valence-corrected chi connectivity index (χ0v) is 12.4. The molecule has 1 amide bonds. The SMILES string of the molecule is Cc1ncc(C(=O)NCCN2CCc3ccccc32)c(=O)[nH]1. The Morgan fingerprint density at radius 2 is 2.23 bits per heavy atom. The van der Waals surface area contributed by atoms with Gasteiger partial charge in [-0.05, 0) is 25.0 Å². The van der Waals surface area contributed by atoms with Crippen molar-refractivity contribution in [3.05, 3.63) is 57.8 Å². The summed E-state index contributed by atoms with van der Waals surface area (Å²) in [6.07, 6.45) is 2.35. The Morgan fingerprint density at radius 3 is 3.05 bits per heavy atom. The number of aromatic amines is 1. The number of aromatic nitrogens is 2. The number of para-hydroxylation sites is 1. The first-order valence-electron chi connectivity index (χ1n) is 7.32. The summed E-state index contributed by atoms with van der Waals surface area (Å²) in [6, 6.07) is 8.29. The molecule has 1 aliphatic heterocycles. The van der Waals surface area contributed by atoms with Crippen molar-refractivity contribution in [2.45, 2.75) is 13.3 Å². The predicted octanol–water partition coefficient (Wildman–Crippen LogP) is 0.871. The third-order valence-corrected chi connectivity index (χ3v) is 3.82. The van der Waals surface area contributed by atoms with E-state index in [0.29, 0.717) is 12.4 Å². The summed E-state index contributed by atoms with van der Waals surface area (Å²) in [4.78, 5) is 32.4. The Balaban J connectivity index is 1.58. The highest BCUT2D eigenvalue weighted by atomic mass is 16.2. The maximum atomic E-state index is 12.0. The highest BCUT2D eigenvalue weighted by Gasteiger charge is 2.18. The molecule has 2 N–H and O–H groups in total. The van der Waals surface area contributed by atoms with Gasteiger partial charge in [-0.2, -0.15) is 0 Å². The highest BCUT2D eigenvalue weighted by molar-refractivity contribution is 5.93. The Morgan fingerprint density at radius 1 is 1.41 bits per heavy atom. The van der Waals surface area contributed by atoms with Crippen LogP contribution in [0.15, 0.2) is 35.3 Å². The van der Waals surface area contributed by atoms with Gasteiger partial charge in [0.05, 0.1) is 0 Å². The molecular formula is C16H18N4O2. The smallest absolute Gasteiger partial charge is 0.263 e. The molecule has 2 heterocycles. The number of carbonyl (C=O) groups is 1. The van der Waals surface area contributed by atoms with Crippen LogP contribution < -0.4 is 15.8 Å². The Bertz CT molecular complexity index is 754. The van der Waals surface area contributed by atoms with Crippen LogP contribution in [0.25, 0.3) is 0 Å². The third-order valence-electron chi connectivity index (χ3n) is 3.82. The maximum Gasteiger partial charge on any atom is 0.263 e. The molecule has 2 aromatic rings. The van der Waals surface area contributed by atoms with E-state index in [0.717, 1.165) is 19.5 Å². The van der Waals surface area contributed by atoms with Crippen molar-refractivity contribution >= 4 is 11.6 Å². The molecular weight excluding hydrogens is 280 g/mol. The van der Waals surface area contributed by atoms with Gasteiger partial charge in [-0.1, -0.05) is 18.2 Å². The molecule has 1 aromatic heterocycles. The van der Waals surface area contributed by atoms with Crippen LogP contribution in [0.5, 0.6) is 0 Å². The van der Waals surface area contributed by atoms with Gasteiger partial charge in [0.25, 0.3) is 11.5 Å². The van der Waals surface area contributed by atoms with Crippen LogP contribution in [0, 0.1) is 6.92 Å². The molecule has 3 rings (SSSR count). The zero-order valence-electron chi connectivity index (χ0n) is 12.4. The molecule has 0 atom stereocenters. The number of fused-ring (bicyclic) bond motifs is 1. The molecule has 0 bridgehead atoms. The average molecular weight is 298 g/mol. The summed E-state index contributed by atoms with van der Waals surface area (Å²) in [5.41, 5.74) is 2.21.